The van der Waals surface area contributed by atoms with Crippen molar-refractivity contribution in [3.8, 4) is 0 Å². The highest BCUT2D eigenvalue weighted by molar-refractivity contribution is 5.82. The molecule has 0 N–H and O–H groups in total. The summed E-state index contributed by atoms with van der Waals surface area (Å²) in [6, 6.07) is 0. The summed E-state index contributed by atoms with van der Waals surface area (Å²) < 4.78 is 27.1. The van der Waals surface area contributed by atoms with E-state index >= 15 is 0 Å². The van der Waals surface area contributed by atoms with Crippen LogP contribution >= 0.6 is 0 Å². The lowest BCUT2D eigenvalue weighted by molar-refractivity contribution is -0.195. The maximum Gasteiger partial charge on any atom is 0.326 e. The minimum Gasteiger partial charge on any atom is -0.274 e. The third-order valence-corrected chi connectivity index (χ3v) is 3.72. The van der Waals surface area contributed by atoms with Gasteiger partial charge in [0.25, 0.3) is 0 Å². The predicted octanol–water partition coefficient (Wildman–Crippen LogP) is 4.95. The molecule has 0 aliphatic rings. The number of hydroxylamine groups is 2. The van der Waals surface area contributed by atoms with Crippen molar-refractivity contribution in [2.75, 3.05) is 14.2 Å². The molecule has 5 heteroatoms. The van der Waals surface area contributed by atoms with Gasteiger partial charge in [0.05, 0.1) is 7.11 Å². The minimum atomic E-state index is -3.31. The van der Waals surface area contributed by atoms with Gasteiger partial charge in [0, 0.05) is 13.5 Å². The highest BCUT2D eigenvalue weighted by Gasteiger charge is 2.40. The first-order valence-corrected chi connectivity index (χ1v) is 8.15. The summed E-state index contributed by atoms with van der Waals surface area (Å²) in [6.45, 7) is 2.20. The number of unbranched alkanes of at least 4 members (excludes halogenated alkanes) is 9. The largest absolute Gasteiger partial charge is 0.326 e. The second-order valence-corrected chi connectivity index (χ2v) is 5.62. The molecule has 0 fully saturated rings. The van der Waals surface area contributed by atoms with Crippen molar-refractivity contribution in [2.45, 2.75) is 83.5 Å². The second kappa shape index (κ2) is 11.9. The van der Waals surface area contributed by atoms with Crippen LogP contribution in [-0.4, -0.2) is 31.1 Å². The van der Waals surface area contributed by atoms with E-state index in [9.17, 15) is 13.6 Å². The van der Waals surface area contributed by atoms with E-state index in [-0.39, 0.29) is 0 Å². The van der Waals surface area contributed by atoms with Crippen molar-refractivity contribution in [2.24, 2.45) is 0 Å². The van der Waals surface area contributed by atoms with E-state index in [0.29, 0.717) is 11.5 Å². The number of nitrogens with zero attached hydrogens (tertiary/aromatic N) is 1. The van der Waals surface area contributed by atoms with Crippen LogP contribution in [0.4, 0.5) is 8.78 Å². The Morgan fingerprint density at radius 1 is 0.952 bits per heavy atom. The van der Waals surface area contributed by atoms with Crippen molar-refractivity contribution in [1.82, 2.24) is 5.06 Å². The zero-order valence-electron chi connectivity index (χ0n) is 13.8. The molecular formula is C16H31F2NO2. The third-order valence-electron chi connectivity index (χ3n) is 3.72. The summed E-state index contributed by atoms with van der Waals surface area (Å²) in [5, 5.41) is 0.594. The van der Waals surface area contributed by atoms with Gasteiger partial charge in [0.2, 0.25) is 0 Å². The molecule has 0 unspecified atom stereocenters. The van der Waals surface area contributed by atoms with Gasteiger partial charge in [0.15, 0.2) is 0 Å². The summed E-state index contributed by atoms with van der Waals surface area (Å²) in [7, 11) is 2.41. The zero-order chi connectivity index (χ0) is 16.1. The fourth-order valence-electron chi connectivity index (χ4n) is 2.25. The molecule has 0 aliphatic carbocycles. The highest BCUT2D eigenvalue weighted by Crippen LogP contribution is 2.24. The fourth-order valence-corrected chi connectivity index (χ4v) is 2.25. The van der Waals surface area contributed by atoms with E-state index < -0.39 is 18.3 Å². The van der Waals surface area contributed by atoms with Crippen molar-refractivity contribution >= 4 is 5.91 Å². The monoisotopic (exact) mass is 307 g/mol. The number of alkyl halides is 2. The molecule has 0 bridgehead atoms. The summed E-state index contributed by atoms with van der Waals surface area (Å²) in [4.78, 5) is 15.8. The second-order valence-electron chi connectivity index (χ2n) is 5.62. The van der Waals surface area contributed by atoms with Crippen LogP contribution in [0, 0.1) is 0 Å². The molecule has 0 saturated carbocycles. The number of hydrogen-bond acceptors (Lipinski definition) is 2. The first-order valence-electron chi connectivity index (χ1n) is 8.15. The van der Waals surface area contributed by atoms with Crippen molar-refractivity contribution in [3.05, 3.63) is 0 Å². The predicted molar refractivity (Wildman–Crippen MR) is 81.2 cm³/mol. The lowest BCUT2D eigenvalue weighted by Crippen LogP contribution is -2.40. The molecule has 0 heterocycles. The molecule has 0 spiro atoms. The van der Waals surface area contributed by atoms with Gasteiger partial charge in [-0.1, -0.05) is 64.7 Å². The standard InChI is InChI=1S/C16H31F2NO2/c1-4-5-6-7-8-9-10-11-12-13-14-16(17,18)15(20)19(2)21-3/h4-14H2,1-3H3. The molecule has 0 aromatic carbocycles. The number of rotatable bonds is 13. The van der Waals surface area contributed by atoms with Gasteiger partial charge < -0.3 is 0 Å². The van der Waals surface area contributed by atoms with Crippen molar-refractivity contribution in [1.29, 1.82) is 0 Å². The first kappa shape index (κ1) is 20.3. The molecule has 0 aromatic rings. The molecule has 0 aliphatic heterocycles. The summed E-state index contributed by atoms with van der Waals surface area (Å²) in [5.74, 6) is -4.58. The smallest absolute Gasteiger partial charge is 0.274 e. The van der Waals surface area contributed by atoms with E-state index in [1.54, 1.807) is 0 Å². The number of halogens is 2. The average Bonchev–Trinajstić information content (AvgIpc) is 2.47. The third kappa shape index (κ3) is 9.77. The van der Waals surface area contributed by atoms with Crippen molar-refractivity contribution in [3.63, 3.8) is 0 Å². The van der Waals surface area contributed by atoms with E-state index in [0.717, 1.165) is 19.3 Å². The Morgan fingerprint density at radius 3 is 1.81 bits per heavy atom. The van der Waals surface area contributed by atoms with Crippen LogP contribution in [0.2, 0.25) is 0 Å². The maximum absolute atomic E-state index is 13.5. The average molecular weight is 307 g/mol. The molecule has 0 aromatic heterocycles. The molecule has 126 valence electrons. The number of carbonyl (C=O) groups excluding carboxylic acids is 1. The summed E-state index contributed by atoms with van der Waals surface area (Å²) in [5.41, 5.74) is 0. The number of hydrogen-bond donors (Lipinski definition) is 0. The Labute approximate surface area is 128 Å². The zero-order valence-corrected chi connectivity index (χ0v) is 13.8. The van der Waals surface area contributed by atoms with Gasteiger partial charge in [-0.15, -0.1) is 0 Å². The molecule has 21 heavy (non-hydrogen) atoms. The van der Waals surface area contributed by atoms with Gasteiger partial charge in [0.1, 0.15) is 0 Å². The van der Waals surface area contributed by atoms with Gasteiger partial charge in [-0.3, -0.25) is 9.63 Å². The Hall–Kier alpha value is -0.710. The van der Waals surface area contributed by atoms with Crippen LogP contribution in [0.25, 0.3) is 0 Å². The molecule has 3 nitrogen and oxygen atoms in total. The van der Waals surface area contributed by atoms with E-state index in [2.05, 4.69) is 11.8 Å². The Morgan fingerprint density at radius 2 is 1.38 bits per heavy atom. The van der Waals surface area contributed by atoms with Crippen LogP contribution < -0.4 is 0 Å². The normalized spacial score (nSPS) is 11.7. The topological polar surface area (TPSA) is 29.5 Å². The summed E-state index contributed by atoms with van der Waals surface area (Å²) in [6.07, 6.45) is 10.4. The maximum atomic E-state index is 13.5. The van der Waals surface area contributed by atoms with Gasteiger partial charge >= 0.3 is 11.8 Å². The van der Waals surface area contributed by atoms with E-state index in [1.165, 1.54) is 52.7 Å². The molecule has 0 rings (SSSR count). The lowest BCUT2D eigenvalue weighted by Gasteiger charge is -2.21. The van der Waals surface area contributed by atoms with E-state index in [4.69, 9.17) is 0 Å². The summed E-state index contributed by atoms with van der Waals surface area (Å²) >= 11 is 0. The molecule has 0 atom stereocenters. The van der Waals surface area contributed by atoms with Crippen LogP contribution in [0.15, 0.2) is 0 Å². The number of carbonyl (C=O) groups is 1. The lowest BCUT2D eigenvalue weighted by atomic mass is 10.0. The van der Waals surface area contributed by atoms with Crippen LogP contribution in [0.3, 0.4) is 0 Å². The minimum absolute atomic E-state index is 0.381. The first-order chi connectivity index (χ1) is 9.95. The number of amides is 1. The van der Waals surface area contributed by atoms with Crippen molar-refractivity contribution < 1.29 is 18.4 Å². The van der Waals surface area contributed by atoms with Crippen LogP contribution in [0.1, 0.15) is 77.6 Å². The SMILES string of the molecule is CCCCCCCCCCCCC(F)(F)C(=O)N(C)OC. The molecular weight excluding hydrogens is 276 g/mol. The van der Waals surface area contributed by atoms with Gasteiger partial charge in [-0.05, 0) is 6.42 Å². The molecule has 0 radical (unpaired) electrons. The Balaban J connectivity index is 3.55. The van der Waals surface area contributed by atoms with Crippen LogP contribution in [0.5, 0.6) is 0 Å². The Kier molecular flexibility index (Phi) is 11.5. The van der Waals surface area contributed by atoms with Gasteiger partial charge in [-0.25, -0.2) is 5.06 Å². The highest BCUT2D eigenvalue weighted by atomic mass is 19.3. The fraction of sp³-hybridized carbons (Fsp3) is 0.938. The van der Waals surface area contributed by atoms with Crippen LogP contribution in [-0.2, 0) is 9.63 Å². The molecule has 1 amide bonds. The van der Waals surface area contributed by atoms with E-state index in [1.807, 2.05) is 0 Å². The quantitative estimate of drug-likeness (QED) is 0.356. The molecule has 0 saturated heterocycles. The Bertz CT molecular complexity index is 273. The van der Waals surface area contributed by atoms with Gasteiger partial charge in [-0.2, -0.15) is 8.78 Å².